The van der Waals surface area contributed by atoms with Gasteiger partial charge < -0.3 is 9.84 Å². The lowest BCUT2D eigenvalue weighted by atomic mass is 9.47. The summed E-state index contributed by atoms with van der Waals surface area (Å²) in [5.74, 6) is -3.71. The standard InChI is InChI=1S/C24H32F2O4/c1-5-6-18(29)30-22-12(2)9-15-14-8-7-13-10-16(27)20(25)21(26)24(13,4)19(14)17(28)11-23(15,22)3/h10,12,14-15,17,19,22,28H,5-9,11H2,1-4H3/t12-,14+,15+,17+,19-,22+,23+,24+/m1/s1. The van der Waals surface area contributed by atoms with Crippen LogP contribution in [0.15, 0.2) is 23.3 Å². The van der Waals surface area contributed by atoms with Gasteiger partial charge in [0.25, 0.3) is 0 Å². The Kier molecular flexibility index (Phi) is 5.23. The number of hydrogen-bond donors (Lipinski definition) is 1. The summed E-state index contributed by atoms with van der Waals surface area (Å²) in [4.78, 5) is 24.1. The average molecular weight is 423 g/mol. The van der Waals surface area contributed by atoms with Crippen molar-refractivity contribution in [2.75, 3.05) is 0 Å². The molecule has 0 heterocycles. The molecule has 4 nitrogen and oxygen atoms in total. The Morgan fingerprint density at radius 1 is 1.33 bits per heavy atom. The van der Waals surface area contributed by atoms with E-state index in [1.807, 2.05) is 6.92 Å². The van der Waals surface area contributed by atoms with E-state index in [1.54, 1.807) is 6.92 Å². The van der Waals surface area contributed by atoms with Crippen LogP contribution in [0.3, 0.4) is 0 Å². The summed E-state index contributed by atoms with van der Waals surface area (Å²) < 4.78 is 35.4. The number of ketones is 1. The van der Waals surface area contributed by atoms with Crippen LogP contribution in [0, 0.1) is 34.5 Å². The maximum absolute atomic E-state index is 15.2. The fourth-order valence-corrected chi connectivity index (χ4v) is 7.41. The highest BCUT2D eigenvalue weighted by Gasteiger charge is 2.66. The van der Waals surface area contributed by atoms with Crippen molar-refractivity contribution in [3.05, 3.63) is 23.3 Å². The number of fused-ring (bicyclic) bond motifs is 5. The van der Waals surface area contributed by atoms with E-state index in [-0.39, 0.29) is 29.8 Å². The van der Waals surface area contributed by atoms with Crippen molar-refractivity contribution in [1.82, 2.24) is 0 Å². The third-order valence-electron chi connectivity index (χ3n) is 8.64. The van der Waals surface area contributed by atoms with Gasteiger partial charge in [-0.3, -0.25) is 9.59 Å². The van der Waals surface area contributed by atoms with Gasteiger partial charge in [-0.1, -0.05) is 26.3 Å². The normalized spacial score (nSPS) is 45.4. The third-order valence-corrected chi connectivity index (χ3v) is 8.64. The van der Waals surface area contributed by atoms with Gasteiger partial charge in [0.1, 0.15) is 11.9 Å². The summed E-state index contributed by atoms with van der Waals surface area (Å²) >= 11 is 0. The van der Waals surface area contributed by atoms with Gasteiger partial charge in [-0.25, -0.2) is 4.39 Å². The molecule has 4 aliphatic rings. The fourth-order valence-electron chi connectivity index (χ4n) is 7.41. The second-order valence-electron chi connectivity index (χ2n) is 10.3. The molecule has 166 valence electrons. The summed E-state index contributed by atoms with van der Waals surface area (Å²) in [5, 5.41) is 11.3. The average Bonchev–Trinajstić information content (AvgIpc) is 2.92. The smallest absolute Gasteiger partial charge is 0.306 e. The van der Waals surface area contributed by atoms with Gasteiger partial charge >= 0.3 is 5.97 Å². The minimum atomic E-state index is -1.33. The first kappa shape index (κ1) is 21.7. The first-order valence-electron chi connectivity index (χ1n) is 11.2. The third kappa shape index (κ3) is 2.85. The van der Waals surface area contributed by atoms with Crippen molar-refractivity contribution in [1.29, 1.82) is 0 Å². The summed E-state index contributed by atoms with van der Waals surface area (Å²) in [7, 11) is 0. The molecule has 0 aliphatic heterocycles. The quantitative estimate of drug-likeness (QED) is 0.663. The molecule has 3 fully saturated rings. The summed E-state index contributed by atoms with van der Waals surface area (Å²) in [6.07, 6.45) is 3.61. The van der Waals surface area contributed by atoms with E-state index in [0.29, 0.717) is 31.3 Å². The van der Waals surface area contributed by atoms with Crippen LogP contribution in [-0.2, 0) is 14.3 Å². The number of rotatable bonds is 3. The zero-order valence-electron chi connectivity index (χ0n) is 18.2. The number of aliphatic hydroxyl groups is 1. The van der Waals surface area contributed by atoms with Crippen LogP contribution >= 0.6 is 0 Å². The molecule has 0 spiro atoms. The van der Waals surface area contributed by atoms with Gasteiger partial charge in [0.2, 0.25) is 11.6 Å². The molecule has 0 aromatic carbocycles. The molecule has 0 radical (unpaired) electrons. The lowest BCUT2D eigenvalue weighted by molar-refractivity contribution is -0.171. The van der Waals surface area contributed by atoms with Crippen molar-refractivity contribution in [3.8, 4) is 0 Å². The Balaban J connectivity index is 1.70. The lowest BCUT2D eigenvalue weighted by Gasteiger charge is -2.58. The first-order chi connectivity index (χ1) is 14.1. The predicted octanol–water partition coefficient (Wildman–Crippen LogP) is 4.82. The number of esters is 1. The van der Waals surface area contributed by atoms with Gasteiger partial charge in [-0.05, 0) is 62.9 Å². The monoisotopic (exact) mass is 422 g/mol. The number of carbonyl (C=O) groups excluding carboxylic acids is 2. The highest BCUT2D eigenvalue weighted by atomic mass is 19.2. The van der Waals surface area contributed by atoms with E-state index in [2.05, 4.69) is 13.8 Å². The molecule has 8 atom stereocenters. The van der Waals surface area contributed by atoms with Crippen molar-refractivity contribution in [2.45, 2.75) is 78.4 Å². The van der Waals surface area contributed by atoms with Crippen LogP contribution < -0.4 is 0 Å². The number of halogens is 2. The van der Waals surface area contributed by atoms with Crippen molar-refractivity contribution in [2.24, 2.45) is 34.5 Å². The number of aliphatic hydroxyl groups excluding tert-OH is 1. The lowest BCUT2D eigenvalue weighted by Crippen LogP contribution is -2.57. The van der Waals surface area contributed by atoms with Crippen LogP contribution in [0.1, 0.15) is 66.2 Å². The second-order valence-corrected chi connectivity index (χ2v) is 10.3. The van der Waals surface area contributed by atoms with Crippen molar-refractivity contribution >= 4 is 11.8 Å². The number of hydrogen-bond acceptors (Lipinski definition) is 4. The van der Waals surface area contributed by atoms with Gasteiger partial charge in [0, 0.05) is 23.2 Å². The first-order valence-corrected chi connectivity index (χ1v) is 11.2. The van der Waals surface area contributed by atoms with Crippen molar-refractivity contribution < 1.29 is 28.2 Å². The molecular formula is C24H32F2O4. The Morgan fingerprint density at radius 2 is 2.03 bits per heavy atom. The molecule has 0 unspecified atom stereocenters. The van der Waals surface area contributed by atoms with E-state index >= 15 is 4.39 Å². The molecule has 0 bridgehead atoms. The van der Waals surface area contributed by atoms with Crippen LogP contribution in [0.5, 0.6) is 0 Å². The SMILES string of the molecule is CCCC(=O)O[C@H]1[C@H](C)C[C@H]2[C@@H]3CCC4=CC(=O)C(F)=C(F)[C@]4(C)[C@H]3[C@@H](O)C[C@@]21C. The molecule has 0 aromatic rings. The molecule has 6 heteroatoms. The van der Waals surface area contributed by atoms with Gasteiger partial charge in [0.05, 0.1) is 6.10 Å². The fraction of sp³-hybridized carbons (Fsp3) is 0.750. The van der Waals surface area contributed by atoms with Gasteiger partial charge in [-0.15, -0.1) is 0 Å². The Hall–Kier alpha value is -1.56. The topological polar surface area (TPSA) is 63.6 Å². The van der Waals surface area contributed by atoms with Crippen LogP contribution in [0.4, 0.5) is 8.78 Å². The molecule has 1 N–H and O–H groups in total. The molecule has 4 aliphatic carbocycles. The molecule has 0 saturated heterocycles. The Bertz CT molecular complexity index is 833. The highest BCUT2D eigenvalue weighted by molar-refractivity contribution is 6.04. The highest BCUT2D eigenvalue weighted by Crippen LogP contribution is 2.67. The van der Waals surface area contributed by atoms with E-state index in [4.69, 9.17) is 4.74 Å². The largest absolute Gasteiger partial charge is 0.461 e. The molecule has 0 amide bonds. The Morgan fingerprint density at radius 3 is 2.70 bits per heavy atom. The van der Waals surface area contributed by atoms with Crippen molar-refractivity contribution in [3.63, 3.8) is 0 Å². The molecular weight excluding hydrogens is 390 g/mol. The minimum Gasteiger partial charge on any atom is -0.461 e. The van der Waals surface area contributed by atoms with Crippen LogP contribution in [0.25, 0.3) is 0 Å². The van der Waals surface area contributed by atoms with Gasteiger partial charge in [0.15, 0.2) is 0 Å². The van der Waals surface area contributed by atoms with Crippen LogP contribution in [0.2, 0.25) is 0 Å². The zero-order chi connectivity index (χ0) is 22.0. The summed E-state index contributed by atoms with van der Waals surface area (Å²) in [5.41, 5.74) is -1.10. The predicted molar refractivity (Wildman–Crippen MR) is 107 cm³/mol. The van der Waals surface area contributed by atoms with E-state index < -0.39 is 40.3 Å². The molecule has 0 aromatic heterocycles. The summed E-state index contributed by atoms with van der Waals surface area (Å²) in [6.45, 7) is 7.72. The van der Waals surface area contributed by atoms with Gasteiger partial charge in [-0.2, -0.15) is 4.39 Å². The molecule has 4 rings (SSSR count). The number of allylic oxidation sites excluding steroid dienone is 4. The molecule has 30 heavy (non-hydrogen) atoms. The second kappa shape index (κ2) is 7.25. The van der Waals surface area contributed by atoms with E-state index in [1.165, 1.54) is 6.08 Å². The van der Waals surface area contributed by atoms with E-state index in [9.17, 15) is 19.1 Å². The maximum atomic E-state index is 15.2. The number of carbonyl (C=O) groups is 2. The summed E-state index contributed by atoms with van der Waals surface area (Å²) in [6, 6.07) is 0. The van der Waals surface area contributed by atoms with E-state index in [0.717, 1.165) is 12.8 Å². The van der Waals surface area contributed by atoms with Crippen LogP contribution in [-0.4, -0.2) is 29.1 Å². The zero-order valence-corrected chi connectivity index (χ0v) is 18.2. The Labute approximate surface area is 176 Å². The molecule has 3 saturated carbocycles. The maximum Gasteiger partial charge on any atom is 0.306 e. The number of ether oxygens (including phenoxy) is 1. The minimum absolute atomic E-state index is 0.0232.